The smallest absolute Gasteiger partial charge is 0.136 e. The van der Waals surface area contributed by atoms with Crippen molar-refractivity contribution in [1.82, 2.24) is 0 Å². The van der Waals surface area contributed by atoms with Crippen LogP contribution in [0.15, 0.2) is 198 Å². The van der Waals surface area contributed by atoms with E-state index in [1.54, 1.807) is 0 Å². The lowest BCUT2D eigenvalue weighted by Gasteiger charge is -2.19. The van der Waals surface area contributed by atoms with Gasteiger partial charge in [0.1, 0.15) is 11.2 Å². The lowest BCUT2D eigenvalue weighted by atomic mass is 9.84. The van der Waals surface area contributed by atoms with Crippen molar-refractivity contribution in [2.24, 2.45) is 0 Å². The largest absolute Gasteiger partial charge is 0.456 e. The van der Waals surface area contributed by atoms with Crippen molar-refractivity contribution in [2.45, 2.75) is 0 Å². The van der Waals surface area contributed by atoms with Crippen LogP contribution >= 0.6 is 0 Å². The lowest BCUT2D eigenvalue weighted by molar-refractivity contribution is 0.669. The Morgan fingerprint density at radius 2 is 0.887 bits per heavy atom. The molecule has 0 aliphatic heterocycles. The van der Waals surface area contributed by atoms with E-state index in [0.717, 1.165) is 43.4 Å². The second-order valence-electron chi connectivity index (χ2n) is 13.5. The fourth-order valence-corrected chi connectivity index (χ4v) is 7.86. The topological polar surface area (TPSA) is 13.1 Å². The predicted octanol–water partition coefficient (Wildman–Crippen LogP) is 14.9. The highest BCUT2D eigenvalue weighted by Crippen LogP contribution is 2.46. The standard InChI is InChI=1S/C52H32O/c1-2-10-33(11-3-1)41-24-26-45-48(30-41)51(36-21-18-35(19-22-36)40-23-20-34-12-4-5-13-37(34)28-40)43-16-8-9-17-44(43)52(45)42-25-27-49-46(31-42)47-29-38-14-6-7-15-39(38)32-50(47)53-49/h1-32H/i8D,9D,16D,17D,24D,26D,30D. The summed E-state index contributed by atoms with van der Waals surface area (Å²) in [4.78, 5) is 0. The van der Waals surface area contributed by atoms with Gasteiger partial charge in [-0.15, -0.1) is 0 Å². The summed E-state index contributed by atoms with van der Waals surface area (Å²) in [6.07, 6.45) is 0. The Balaban J connectivity index is 1.28. The first-order chi connectivity index (χ1) is 29.2. The molecule has 0 bridgehead atoms. The Labute approximate surface area is 316 Å². The minimum absolute atomic E-state index is 0.00248. The molecule has 0 saturated carbocycles. The van der Waals surface area contributed by atoms with E-state index in [2.05, 4.69) is 36.4 Å². The molecule has 0 amide bonds. The van der Waals surface area contributed by atoms with Gasteiger partial charge in [0.2, 0.25) is 0 Å². The molecule has 0 unspecified atom stereocenters. The normalized spacial score (nSPS) is 13.6. The molecule has 0 N–H and O–H groups in total. The van der Waals surface area contributed by atoms with Crippen LogP contribution in [0.3, 0.4) is 0 Å². The van der Waals surface area contributed by atoms with Gasteiger partial charge in [-0.2, -0.15) is 0 Å². The zero-order chi connectivity index (χ0) is 41.0. The van der Waals surface area contributed by atoms with Crippen LogP contribution < -0.4 is 0 Å². The van der Waals surface area contributed by atoms with E-state index in [1.165, 1.54) is 0 Å². The third-order valence-electron chi connectivity index (χ3n) is 10.4. The Morgan fingerprint density at radius 1 is 0.321 bits per heavy atom. The minimum atomic E-state index is -0.406. The molecule has 0 atom stereocenters. The first-order valence-corrected chi connectivity index (χ1v) is 17.7. The summed E-state index contributed by atoms with van der Waals surface area (Å²) in [7, 11) is 0. The van der Waals surface area contributed by atoms with Crippen LogP contribution in [0.25, 0.3) is 110 Å². The van der Waals surface area contributed by atoms with Crippen molar-refractivity contribution in [1.29, 1.82) is 0 Å². The lowest BCUT2D eigenvalue weighted by Crippen LogP contribution is -1.92. The fourth-order valence-electron chi connectivity index (χ4n) is 7.86. The molecule has 0 radical (unpaired) electrons. The number of benzene rings is 10. The van der Waals surface area contributed by atoms with E-state index in [9.17, 15) is 6.85 Å². The number of hydrogen-bond donors (Lipinski definition) is 0. The highest BCUT2D eigenvalue weighted by Gasteiger charge is 2.19. The molecule has 0 spiro atoms. The Morgan fingerprint density at radius 3 is 1.66 bits per heavy atom. The summed E-state index contributed by atoms with van der Waals surface area (Å²) in [6, 6.07) is 47.7. The number of fused-ring (bicyclic) bond motifs is 7. The van der Waals surface area contributed by atoms with E-state index >= 15 is 0 Å². The number of furan rings is 1. The van der Waals surface area contributed by atoms with Crippen molar-refractivity contribution in [2.75, 3.05) is 0 Å². The molecular formula is C52H32O. The number of hydrogen-bond acceptors (Lipinski definition) is 1. The predicted molar refractivity (Wildman–Crippen MR) is 225 cm³/mol. The van der Waals surface area contributed by atoms with E-state index in [4.69, 9.17) is 7.16 Å². The van der Waals surface area contributed by atoms with Crippen molar-refractivity contribution >= 4 is 65.0 Å². The monoisotopic (exact) mass is 679 g/mol. The van der Waals surface area contributed by atoms with Gasteiger partial charge in [-0.1, -0.05) is 158 Å². The van der Waals surface area contributed by atoms with Gasteiger partial charge in [-0.25, -0.2) is 0 Å². The Kier molecular flexibility index (Phi) is 5.23. The van der Waals surface area contributed by atoms with Gasteiger partial charge in [0.15, 0.2) is 0 Å². The van der Waals surface area contributed by atoms with Crippen LogP contribution in [0, 0.1) is 0 Å². The molecule has 1 aromatic heterocycles. The molecule has 11 rings (SSSR count). The maximum Gasteiger partial charge on any atom is 0.136 e. The molecule has 0 saturated heterocycles. The molecule has 1 heteroatoms. The van der Waals surface area contributed by atoms with Crippen LogP contribution in [0.4, 0.5) is 0 Å². The molecule has 1 heterocycles. The van der Waals surface area contributed by atoms with Gasteiger partial charge < -0.3 is 4.42 Å². The zero-order valence-electron chi connectivity index (χ0n) is 35.3. The van der Waals surface area contributed by atoms with Gasteiger partial charge in [0.05, 0.1) is 9.60 Å². The average molecular weight is 680 g/mol. The van der Waals surface area contributed by atoms with Gasteiger partial charge in [-0.3, -0.25) is 0 Å². The van der Waals surface area contributed by atoms with E-state index in [-0.39, 0.29) is 51.9 Å². The maximum absolute atomic E-state index is 9.99. The summed E-state index contributed by atoms with van der Waals surface area (Å²) in [5, 5.41) is 7.08. The van der Waals surface area contributed by atoms with Crippen LogP contribution in [0.5, 0.6) is 0 Å². The molecule has 11 aromatic rings. The van der Waals surface area contributed by atoms with Gasteiger partial charge >= 0.3 is 0 Å². The summed E-state index contributed by atoms with van der Waals surface area (Å²) in [6.45, 7) is 0. The zero-order valence-corrected chi connectivity index (χ0v) is 28.3. The highest BCUT2D eigenvalue weighted by molar-refractivity contribution is 6.23. The number of rotatable bonds is 4. The van der Waals surface area contributed by atoms with E-state index in [0.29, 0.717) is 44.4 Å². The van der Waals surface area contributed by atoms with Crippen molar-refractivity contribution in [3.63, 3.8) is 0 Å². The first kappa shape index (κ1) is 23.5. The molecule has 0 fully saturated rings. The molecule has 10 aromatic carbocycles. The molecule has 1 nitrogen and oxygen atoms in total. The minimum Gasteiger partial charge on any atom is -0.456 e. The maximum atomic E-state index is 9.99. The molecule has 0 aliphatic carbocycles. The van der Waals surface area contributed by atoms with Gasteiger partial charge in [0, 0.05) is 10.8 Å². The summed E-state index contributed by atoms with van der Waals surface area (Å²) < 4.78 is 72.5. The average Bonchev–Trinajstić information content (AvgIpc) is 3.64. The van der Waals surface area contributed by atoms with Crippen molar-refractivity contribution in [3.05, 3.63) is 194 Å². The van der Waals surface area contributed by atoms with Crippen LogP contribution in [0.2, 0.25) is 0 Å². The molecular weight excluding hydrogens is 641 g/mol. The van der Waals surface area contributed by atoms with Crippen LogP contribution in [0.1, 0.15) is 9.60 Å². The molecule has 53 heavy (non-hydrogen) atoms. The third-order valence-corrected chi connectivity index (χ3v) is 10.4. The molecule has 246 valence electrons. The van der Waals surface area contributed by atoms with Crippen molar-refractivity contribution in [3.8, 4) is 44.5 Å². The van der Waals surface area contributed by atoms with Crippen molar-refractivity contribution < 1.29 is 14.0 Å². The summed E-state index contributed by atoms with van der Waals surface area (Å²) in [5.74, 6) is 0. The van der Waals surface area contributed by atoms with Gasteiger partial charge in [0.25, 0.3) is 0 Å². The molecule has 0 aliphatic rings. The fraction of sp³-hybridized carbons (Fsp3) is 0. The second-order valence-corrected chi connectivity index (χ2v) is 13.5. The van der Waals surface area contributed by atoms with Crippen LogP contribution in [-0.2, 0) is 0 Å². The van der Waals surface area contributed by atoms with Gasteiger partial charge in [-0.05, 0) is 124 Å². The summed E-state index contributed by atoms with van der Waals surface area (Å²) >= 11 is 0. The second kappa shape index (κ2) is 11.8. The Bertz CT molecular complexity index is 3610. The van der Waals surface area contributed by atoms with E-state index in [1.807, 2.05) is 115 Å². The van der Waals surface area contributed by atoms with E-state index < -0.39 is 12.1 Å². The summed E-state index contributed by atoms with van der Waals surface area (Å²) in [5.41, 5.74) is 6.18. The Hall–Kier alpha value is -6.96. The highest BCUT2D eigenvalue weighted by atomic mass is 16.3. The third kappa shape index (κ3) is 4.86. The van der Waals surface area contributed by atoms with Crippen LogP contribution in [-0.4, -0.2) is 0 Å². The quantitative estimate of drug-likeness (QED) is 0.169. The SMILES string of the molecule is [2H]c1c([2H])c([2H])c2c(-c3ccc(-c4ccc5ccccc5c4)cc3)c3c([2H])c(-c4ccccc4)c([2H])c([2H])c3c(-c3ccc4oc5cc6ccccc6cc5c4c3)c2c1[2H]. The first-order valence-electron chi connectivity index (χ1n) is 21.2.